The molecule has 3 rings (SSSR count). The highest BCUT2D eigenvalue weighted by atomic mass is 35.5. The van der Waals surface area contributed by atoms with Gasteiger partial charge in [-0.15, -0.1) is 11.3 Å². The number of anilines is 1. The largest absolute Gasteiger partial charge is 0.298 e. The second-order valence-corrected chi connectivity index (χ2v) is 7.34. The number of halogens is 1. The summed E-state index contributed by atoms with van der Waals surface area (Å²) in [5.74, 6) is 0.317. The Kier molecular flexibility index (Phi) is 5.46. The third-order valence-corrected chi connectivity index (χ3v) is 4.68. The molecule has 2 aromatic heterocycles. The second kappa shape index (κ2) is 7.76. The highest BCUT2D eigenvalue weighted by Gasteiger charge is 2.13. The average Bonchev–Trinajstić information content (AvgIpc) is 3.04. The van der Waals surface area contributed by atoms with Crippen LogP contribution in [0.3, 0.4) is 0 Å². The molecular weight excluding hydrogens is 354 g/mol. The van der Waals surface area contributed by atoms with E-state index in [1.807, 2.05) is 5.38 Å². The summed E-state index contributed by atoms with van der Waals surface area (Å²) in [6.45, 7) is 4.41. The van der Waals surface area contributed by atoms with Gasteiger partial charge in [0.2, 0.25) is 0 Å². The van der Waals surface area contributed by atoms with Crippen molar-refractivity contribution in [2.75, 3.05) is 5.32 Å². The summed E-state index contributed by atoms with van der Waals surface area (Å²) < 4.78 is 0. The van der Waals surface area contributed by atoms with E-state index >= 15 is 0 Å². The van der Waals surface area contributed by atoms with E-state index in [1.54, 1.807) is 18.3 Å². The SMILES string of the molecule is CC(C)Cc1ccc(-c2csc(NC(=O)c3cccnc3Cl)n2)cc1. The standard InChI is InChI=1S/C19H18ClN3OS/c1-12(2)10-13-5-7-14(8-6-13)16-11-25-19(22-16)23-18(24)15-4-3-9-21-17(15)20/h3-9,11-12H,10H2,1-2H3,(H,22,23,24). The highest BCUT2D eigenvalue weighted by Crippen LogP contribution is 2.26. The predicted octanol–water partition coefficient (Wildman–Crippen LogP) is 5.31. The van der Waals surface area contributed by atoms with Gasteiger partial charge in [0.05, 0.1) is 11.3 Å². The molecule has 25 heavy (non-hydrogen) atoms. The molecule has 6 heteroatoms. The van der Waals surface area contributed by atoms with Gasteiger partial charge in [0.15, 0.2) is 5.13 Å². The number of amides is 1. The topological polar surface area (TPSA) is 54.9 Å². The number of hydrogen-bond donors (Lipinski definition) is 1. The molecule has 0 fully saturated rings. The zero-order valence-electron chi connectivity index (χ0n) is 14.0. The van der Waals surface area contributed by atoms with Gasteiger partial charge in [-0.25, -0.2) is 9.97 Å². The first-order valence-corrected chi connectivity index (χ1v) is 9.25. The van der Waals surface area contributed by atoms with Crippen LogP contribution >= 0.6 is 22.9 Å². The fraction of sp³-hybridized carbons (Fsp3) is 0.211. The highest BCUT2D eigenvalue weighted by molar-refractivity contribution is 7.14. The van der Waals surface area contributed by atoms with Gasteiger partial charge in [0.1, 0.15) is 5.15 Å². The van der Waals surface area contributed by atoms with Gasteiger partial charge in [0.25, 0.3) is 5.91 Å². The zero-order chi connectivity index (χ0) is 17.8. The Morgan fingerprint density at radius 2 is 2.00 bits per heavy atom. The smallest absolute Gasteiger partial charge is 0.260 e. The fourth-order valence-corrected chi connectivity index (χ4v) is 3.39. The molecule has 0 radical (unpaired) electrons. The molecule has 0 aliphatic rings. The number of aromatic nitrogens is 2. The minimum absolute atomic E-state index is 0.178. The van der Waals surface area contributed by atoms with Gasteiger partial charge in [-0.1, -0.05) is 49.7 Å². The summed E-state index contributed by atoms with van der Waals surface area (Å²) in [5, 5.41) is 5.41. The molecule has 1 aromatic carbocycles. The number of nitrogens with one attached hydrogen (secondary N) is 1. The van der Waals surface area contributed by atoms with Crippen molar-refractivity contribution in [3.8, 4) is 11.3 Å². The zero-order valence-corrected chi connectivity index (χ0v) is 15.6. The van der Waals surface area contributed by atoms with Crippen LogP contribution < -0.4 is 5.32 Å². The Bertz CT molecular complexity index is 874. The molecule has 128 valence electrons. The van der Waals surface area contributed by atoms with Crippen molar-refractivity contribution in [3.63, 3.8) is 0 Å². The van der Waals surface area contributed by atoms with Crippen LogP contribution in [0, 0.1) is 5.92 Å². The first-order chi connectivity index (χ1) is 12.0. The molecule has 0 unspecified atom stereocenters. The average molecular weight is 372 g/mol. The number of hydrogen-bond acceptors (Lipinski definition) is 4. The third-order valence-electron chi connectivity index (χ3n) is 3.62. The van der Waals surface area contributed by atoms with E-state index in [0.717, 1.165) is 17.7 Å². The fourth-order valence-electron chi connectivity index (χ4n) is 2.47. The van der Waals surface area contributed by atoms with Crippen LogP contribution in [0.4, 0.5) is 5.13 Å². The molecule has 2 heterocycles. The van der Waals surface area contributed by atoms with Crippen LogP contribution in [0.2, 0.25) is 5.15 Å². The molecule has 0 aliphatic heterocycles. The molecule has 1 N–H and O–H groups in total. The van der Waals surface area contributed by atoms with E-state index in [9.17, 15) is 4.79 Å². The lowest BCUT2D eigenvalue weighted by Gasteiger charge is -2.05. The van der Waals surface area contributed by atoms with Crippen LogP contribution in [0.15, 0.2) is 48.0 Å². The number of thiazole rings is 1. The van der Waals surface area contributed by atoms with Crippen LogP contribution in [-0.2, 0) is 6.42 Å². The van der Waals surface area contributed by atoms with Crippen LogP contribution in [-0.4, -0.2) is 15.9 Å². The first kappa shape index (κ1) is 17.6. The van der Waals surface area contributed by atoms with E-state index in [0.29, 0.717) is 16.6 Å². The molecule has 0 aliphatic carbocycles. The van der Waals surface area contributed by atoms with Crippen LogP contribution in [0.1, 0.15) is 29.8 Å². The number of benzene rings is 1. The minimum Gasteiger partial charge on any atom is -0.298 e. The molecule has 0 saturated carbocycles. The number of nitrogens with zero attached hydrogens (tertiary/aromatic N) is 2. The van der Waals surface area contributed by atoms with Gasteiger partial charge >= 0.3 is 0 Å². The summed E-state index contributed by atoms with van der Waals surface area (Å²) in [7, 11) is 0. The summed E-state index contributed by atoms with van der Waals surface area (Å²) in [5.41, 5.74) is 3.52. The molecule has 0 saturated heterocycles. The molecule has 3 aromatic rings. The maximum Gasteiger partial charge on any atom is 0.260 e. The predicted molar refractivity (Wildman–Crippen MR) is 103 cm³/mol. The lowest BCUT2D eigenvalue weighted by atomic mass is 10.0. The van der Waals surface area contributed by atoms with Crippen molar-refractivity contribution in [2.24, 2.45) is 5.92 Å². The summed E-state index contributed by atoms with van der Waals surface area (Å²) in [4.78, 5) is 20.7. The van der Waals surface area contributed by atoms with Crippen molar-refractivity contribution in [1.82, 2.24) is 9.97 Å². The lowest BCUT2D eigenvalue weighted by molar-refractivity contribution is 0.102. The van der Waals surface area contributed by atoms with Gasteiger partial charge in [0, 0.05) is 17.1 Å². The van der Waals surface area contributed by atoms with Gasteiger partial charge in [-0.05, 0) is 30.0 Å². The van der Waals surface area contributed by atoms with E-state index in [1.165, 1.54) is 16.9 Å². The van der Waals surface area contributed by atoms with Crippen molar-refractivity contribution in [1.29, 1.82) is 0 Å². The normalized spacial score (nSPS) is 10.9. The Morgan fingerprint density at radius 1 is 1.24 bits per heavy atom. The van der Waals surface area contributed by atoms with Crippen LogP contribution in [0.25, 0.3) is 11.3 Å². The summed E-state index contributed by atoms with van der Waals surface area (Å²) in [6.07, 6.45) is 2.61. The van der Waals surface area contributed by atoms with Crippen molar-refractivity contribution < 1.29 is 4.79 Å². The quantitative estimate of drug-likeness (QED) is 0.618. The minimum atomic E-state index is -0.314. The van der Waals surface area contributed by atoms with E-state index in [-0.39, 0.29) is 11.1 Å². The van der Waals surface area contributed by atoms with Gasteiger partial charge in [-0.3, -0.25) is 10.1 Å². The van der Waals surface area contributed by atoms with E-state index < -0.39 is 0 Å². The maximum absolute atomic E-state index is 12.3. The van der Waals surface area contributed by atoms with Crippen molar-refractivity contribution in [2.45, 2.75) is 20.3 Å². The third kappa shape index (κ3) is 4.44. The lowest BCUT2D eigenvalue weighted by Crippen LogP contribution is -2.12. The monoisotopic (exact) mass is 371 g/mol. The number of carbonyl (C=O) groups is 1. The summed E-state index contributed by atoms with van der Waals surface area (Å²) >= 11 is 7.33. The van der Waals surface area contributed by atoms with Gasteiger partial charge < -0.3 is 0 Å². The van der Waals surface area contributed by atoms with E-state index in [2.05, 4.69) is 53.4 Å². The molecular formula is C19H18ClN3OS. The maximum atomic E-state index is 12.3. The Balaban J connectivity index is 1.72. The van der Waals surface area contributed by atoms with Crippen LogP contribution in [0.5, 0.6) is 0 Å². The Hall–Kier alpha value is -2.24. The number of rotatable bonds is 5. The molecule has 4 nitrogen and oxygen atoms in total. The molecule has 0 bridgehead atoms. The van der Waals surface area contributed by atoms with E-state index in [4.69, 9.17) is 11.6 Å². The summed E-state index contributed by atoms with van der Waals surface area (Å²) in [6, 6.07) is 11.7. The Labute approximate surface area is 155 Å². The second-order valence-electron chi connectivity index (χ2n) is 6.13. The number of carbonyl (C=O) groups excluding carboxylic acids is 1. The van der Waals surface area contributed by atoms with Crippen molar-refractivity contribution >= 4 is 34.0 Å². The van der Waals surface area contributed by atoms with Crippen molar-refractivity contribution in [3.05, 3.63) is 64.3 Å². The molecule has 0 spiro atoms. The molecule has 1 amide bonds. The molecule has 0 atom stereocenters. The number of pyridine rings is 1. The first-order valence-electron chi connectivity index (χ1n) is 7.99. The Morgan fingerprint density at radius 3 is 2.68 bits per heavy atom. The van der Waals surface area contributed by atoms with Gasteiger partial charge in [-0.2, -0.15) is 0 Å².